The summed E-state index contributed by atoms with van der Waals surface area (Å²) in [4.78, 5) is 14.5. The molecule has 0 saturated heterocycles. The maximum absolute atomic E-state index is 12.1. The Balaban J connectivity index is 2.16. The Kier molecular flexibility index (Phi) is 4.84. The summed E-state index contributed by atoms with van der Waals surface area (Å²) in [6.07, 6.45) is 2.29. The largest absolute Gasteiger partial charge is 0.478 e. The zero-order chi connectivity index (χ0) is 15.3. The van der Waals surface area contributed by atoms with Crippen LogP contribution in [-0.2, 0) is 21.4 Å². The second-order valence-electron chi connectivity index (χ2n) is 4.05. The van der Waals surface area contributed by atoms with Gasteiger partial charge in [0.2, 0.25) is 10.0 Å². The van der Waals surface area contributed by atoms with Gasteiger partial charge in [-0.25, -0.2) is 22.9 Å². The number of thiazole rings is 1. The summed E-state index contributed by atoms with van der Waals surface area (Å²) in [5.41, 5.74) is 2.76. The van der Waals surface area contributed by atoms with E-state index in [-0.39, 0.29) is 11.4 Å². The first-order chi connectivity index (χ1) is 9.97. The number of nitrogens with one attached hydrogen (secondary N) is 1. The molecule has 2 rings (SSSR count). The van der Waals surface area contributed by atoms with Crippen LogP contribution >= 0.6 is 11.3 Å². The molecule has 0 atom stereocenters. The van der Waals surface area contributed by atoms with E-state index in [1.807, 2.05) is 0 Å². The Labute approximate surface area is 125 Å². The van der Waals surface area contributed by atoms with Crippen molar-refractivity contribution < 1.29 is 18.3 Å². The minimum absolute atomic E-state index is 0.0743. The molecule has 0 bridgehead atoms. The number of hydrogen-bond acceptors (Lipinski definition) is 5. The molecule has 0 spiro atoms. The highest BCUT2D eigenvalue weighted by atomic mass is 32.2. The van der Waals surface area contributed by atoms with Crippen molar-refractivity contribution in [2.24, 2.45) is 0 Å². The first-order valence-corrected chi connectivity index (χ1v) is 8.28. The van der Waals surface area contributed by atoms with Crippen molar-refractivity contribution in [3.8, 4) is 0 Å². The van der Waals surface area contributed by atoms with Crippen LogP contribution in [0, 0.1) is 0 Å². The van der Waals surface area contributed by atoms with Crippen LogP contribution in [0.15, 0.2) is 46.1 Å². The van der Waals surface area contributed by atoms with Gasteiger partial charge in [0.15, 0.2) is 0 Å². The number of sulfonamides is 1. The van der Waals surface area contributed by atoms with Gasteiger partial charge in [-0.3, -0.25) is 0 Å². The summed E-state index contributed by atoms with van der Waals surface area (Å²) in [5.74, 6) is -1.09. The lowest BCUT2D eigenvalue weighted by Gasteiger charge is -2.06. The zero-order valence-electron chi connectivity index (χ0n) is 10.8. The molecule has 6 nitrogen and oxygen atoms in total. The molecule has 0 fully saturated rings. The van der Waals surface area contributed by atoms with Crippen molar-refractivity contribution in [3.05, 3.63) is 52.5 Å². The Morgan fingerprint density at radius 1 is 1.43 bits per heavy atom. The molecule has 110 valence electrons. The van der Waals surface area contributed by atoms with Gasteiger partial charge in [-0.1, -0.05) is 12.1 Å². The van der Waals surface area contributed by atoms with Crippen LogP contribution in [0.2, 0.25) is 0 Å². The number of hydrogen-bond donors (Lipinski definition) is 2. The highest BCUT2D eigenvalue weighted by Gasteiger charge is 2.14. The standard InChI is InChI=1S/C13H12N2O4S2/c16-13(17)5-4-10-2-1-3-12(6-10)21(18,19)15-7-11-8-20-9-14-11/h1-6,8-9,15H,7H2,(H,16,17). The summed E-state index contributed by atoms with van der Waals surface area (Å²) in [6, 6.07) is 6.03. The third-order valence-corrected chi connectivity index (χ3v) is 4.55. The summed E-state index contributed by atoms with van der Waals surface area (Å²) < 4.78 is 26.7. The molecule has 8 heteroatoms. The van der Waals surface area contributed by atoms with Gasteiger partial charge in [0.05, 0.1) is 22.6 Å². The van der Waals surface area contributed by atoms with Crippen molar-refractivity contribution in [3.63, 3.8) is 0 Å². The fourth-order valence-electron chi connectivity index (χ4n) is 1.53. The predicted molar refractivity (Wildman–Crippen MR) is 79.3 cm³/mol. The normalized spacial score (nSPS) is 11.8. The van der Waals surface area contributed by atoms with Gasteiger partial charge in [0.1, 0.15) is 0 Å². The summed E-state index contributed by atoms with van der Waals surface area (Å²) in [5, 5.41) is 10.3. The topological polar surface area (TPSA) is 96.4 Å². The zero-order valence-corrected chi connectivity index (χ0v) is 12.4. The Morgan fingerprint density at radius 3 is 2.90 bits per heavy atom. The maximum Gasteiger partial charge on any atom is 0.328 e. The summed E-state index contributed by atoms with van der Waals surface area (Å²) >= 11 is 1.39. The number of rotatable bonds is 6. The van der Waals surface area contributed by atoms with E-state index in [2.05, 4.69) is 9.71 Å². The van der Waals surface area contributed by atoms with Crippen molar-refractivity contribution in [2.45, 2.75) is 11.4 Å². The van der Waals surface area contributed by atoms with Crippen molar-refractivity contribution in [1.82, 2.24) is 9.71 Å². The smallest absolute Gasteiger partial charge is 0.328 e. The lowest BCUT2D eigenvalue weighted by molar-refractivity contribution is -0.131. The highest BCUT2D eigenvalue weighted by molar-refractivity contribution is 7.89. The van der Waals surface area contributed by atoms with E-state index in [4.69, 9.17) is 5.11 Å². The molecule has 21 heavy (non-hydrogen) atoms. The van der Waals surface area contributed by atoms with E-state index in [0.29, 0.717) is 11.3 Å². The van der Waals surface area contributed by atoms with Crippen LogP contribution in [0.25, 0.3) is 6.08 Å². The lowest BCUT2D eigenvalue weighted by atomic mass is 10.2. The van der Waals surface area contributed by atoms with Crippen LogP contribution in [0.4, 0.5) is 0 Å². The molecule has 2 N–H and O–H groups in total. The molecular formula is C13H12N2O4S2. The van der Waals surface area contributed by atoms with Crippen molar-refractivity contribution >= 4 is 33.4 Å². The Morgan fingerprint density at radius 2 is 2.24 bits per heavy atom. The van der Waals surface area contributed by atoms with Crippen LogP contribution in [-0.4, -0.2) is 24.5 Å². The van der Waals surface area contributed by atoms with Gasteiger partial charge < -0.3 is 5.11 Å². The molecule has 0 aliphatic heterocycles. The third kappa shape index (κ3) is 4.48. The first-order valence-electron chi connectivity index (χ1n) is 5.85. The molecule has 1 aromatic carbocycles. The van der Waals surface area contributed by atoms with Gasteiger partial charge in [0.25, 0.3) is 0 Å². The van der Waals surface area contributed by atoms with E-state index in [1.54, 1.807) is 23.0 Å². The van der Waals surface area contributed by atoms with Gasteiger partial charge in [-0.05, 0) is 23.8 Å². The Bertz CT molecular complexity index is 752. The van der Waals surface area contributed by atoms with Gasteiger partial charge in [-0.2, -0.15) is 0 Å². The highest BCUT2D eigenvalue weighted by Crippen LogP contribution is 2.13. The fourth-order valence-corrected chi connectivity index (χ4v) is 3.14. The van der Waals surface area contributed by atoms with Gasteiger partial charge in [-0.15, -0.1) is 11.3 Å². The second kappa shape index (κ2) is 6.61. The average molecular weight is 324 g/mol. The summed E-state index contributed by atoms with van der Waals surface area (Å²) in [7, 11) is -3.66. The monoisotopic (exact) mass is 324 g/mol. The van der Waals surface area contributed by atoms with Gasteiger partial charge >= 0.3 is 5.97 Å². The number of aromatic nitrogens is 1. The molecular weight excluding hydrogens is 312 g/mol. The molecule has 0 amide bonds. The Hall–Kier alpha value is -2.03. The van der Waals surface area contributed by atoms with E-state index in [0.717, 1.165) is 6.08 Å². The van der Waals surface area contributed by atoms with Crippen LogP contribution in [0.1, 0.15) is 11.3 Å². The van der Waals surface area contributed by atoms with E-state index in [1.165, 1.54) is 29.5 Å². The second-order valence-corrected chi connectivity index (χ2v) is 6.53. The molecule has 1 heterocycles. The van der Waals surface area contributed by atoms with E-state index in [9.17, 15) is 13.2 Å². The SMILES string of the molecule is O=C(O)C=Cc1cccc(S(=O)(=O)NCc2cscn2)c1. The molecule has 0 saturated carbocycles. The number of carboxylic acids is 1. The predicted octanol–water partition coefficient (Wildman–Crippen LogP) is 1.72. The minimum Gasteiger partial charge on any atom is -0.478 e. The first kappa shape index (κ1) is 15.4. The van der Waals surface area contributed by atoms with Gasteiger partial charge in [0, 0.05) is 11.5 Å². The molecule has 0 aliphatic rings. The van der Waals surface area contributed by atoms with Crippen molar-refractivity contribution in [1.29, 1.82) is 0 Å². The molecule has 0 unspecified atom stereocenters. The molecule has 1 aromatic heterocycles. The molecule has 0 aliphatic carbocycles. The summed E-state index contributed by atoms with van der Waals surface area (Å²) in [6.45, 7) is 0.112. The maximum atomic E-state index is 12.1. The number of aliphatic carboxylic acids is 1. The number of nitrogens with zero attached hydrogens (tertiary/aromatic N) is 1. The van der Waals surface area contributed by atoms with Crippen LogP contribution in [0.5, 0.6) is 0 Å². The number of benzene rings is 1. The molecule has 2 aromatic rings. The minimum atomic E-state index is -3.66. The van der Waals surface area contributed by atoms with E-state index >= 15 is 0 Å². The number of carbonyl (C=O) groups is 1. The lowest BCUT2D eigenvalue weighted by Crippen LogP contribution is -2.23. The molecule has 0 radical (unpaired) electrons. The average Bonchev–Trinajstić information content (AvgIpc) is 2.97. The van der Waals surface area contributed by atoms with Crippen LogP contribution < -0.4 is 4.72 Å². The third-order valence-electron chi connectivity index (χ3n) is 2.51. The van der Waals surface area contributed by atoms with E-state index < -0.39 is 16.0 Å². The van der Waals surface area contributed by atoms with Crippen LogP contribution in [0.3, 0.4) is 0 Å². The van der Waals surface area contributed by atoms with Crippen molar-refractivity contribution in [2.75, 3.05) is 0 Å². The number of carboxylic acid groups (broad SMARTS) is 1. The quantitative estimate of drug-likeness (QED) is 0.789. The fraction of sp³-hybridized carbons (Fsp3) is 0.0769.